The molecule has 1 amide bonds. The number of hydrogen-bond donors (Lipinski definition) is 9. The van der Waals surface area contributed by atoms with Crippen molar-refractivity contribution < 1.29 is 64.6 Å². The van der Waals surface area contributed by atoms with Crippen molar-refractivity contribution in [1.29, 1.82) is 0 Å². The van der Waals surface area contributed by atoms with Gasteiger partial charge in [-0.05, 0) is 51.4 Å². The van der Waals surface area contributed by atoms with Gasteiger partial charge in [-0.15, -0.1) is 0 Å². The minimum Gasteiger partial charge on any atom is -0.394 e. The summed E-state index contributed by atoms with van der Waals surface area (Å²) >= 11 is 0. The predicted molar refractivity (Wildman–Crippen MR) is 295 cm³/mol. The smallest absolute Gasteiger partial charge is 0.220 e. The molecule has 0 aliphatic carbocycles. The summed E-state index contributed by atoms with van der Waals surface area (Å²) in [6.07, 6.45) is 39.9. The van der Waals surface area contributed by atoms with E-state index < -0.39 is 86.8 Å². The van der Waals surface area contributed by atoms with Crippen molar-refractivity contribution in [1.82, 2.24) is 5.32 Å². The molecule has 434 valence electrons. The summed E-state index contributed by atoms with van der Waals surface area (Å²) in [7, 11) is 0. The summed E-state index contributed by atoms with van der Waals surface area (Å²) in [4.78, 5) is 13.2. The van der Waals surface area contributed by atoms with Crippen molar-refractivity contribution in [3.8, 4) is 0 Å². The fourth-order valence-electron chi connectivity index (χ4n) is 9.90. The summed E-state index contributed by atoms with van der Waals surface area (Å²) in [6, 6.07) is -0.926. The molecule has 12 atom stereocenters. The lowest BCUT2D eigenvalue weighted by Gasteiger charge is -2.46. The number of carbonyl (C=O) groups is 1. The van der Waals surface area contributed by atoms with Gasteiger partial charge in [0.15, 0.2) is 12.6 Å². The van der Waals surface area contributed by atoms with Crippen molar-refractivity contribution in [3.05, 3.63) is 36.5 Å². The van der Waals surface area contributed by atoms with Crippen molar-refractivity contribution in [2.24, 2.45) is 0 Å². The zero-order valence-electron chi connectivity index (χ0n) is 46.6. The topological polar surface area (TPSA) is 228 Å². The number of allylic oxidation sites excluding steroid dienone is 5. The maximum absolute atomic E-state index is 13.2. The maximum Gasteiger partial charge on any atom is 0.220 e. The first kappa shape index (κ1) is 68.3. The fourth-order valence-corrected chi connectivity index (χ4v) is 9.90. The summed E-state index contributed by atoms with van der Waals surface area (Å²) < 4.78 is 22.6. The van der Waals surface area contributed by atoms with E-state index in [0.29, 0.717) is 12.8 Å². The number of rotatable bonds is 48. The molecule has 2 aliphatic rings. The second-order valence-corrected chi connectivity index (χ2v) is 21.5. The number of carbonyl (C=O) groups excluding carboxylic acids is 1. The minimum atomic E-state index is -1.79. The van der Waals surface area contributed by atoms with Gasteiger partial charge in [0, 0.05) is 6.42 Å². The quantitative estimate of drug-likeness (QED) is 0.0204. The van der Waals surface area contributed by atoms with Gasteiger partial charge in [0.1, 0.15) is 48.8 Å². The monoisotopic (exact) mass is 1050 g/mol. The van der Waals surface area contributed by atoms with Crippen LogP contribution in [0.3, 0.4) is 0 Å². The molecular weight excluding hydrogens is 943 g/mol. The predicted octanol–water partition coefficient (Wildman–Crippen LogP) is 10.2. The Morgan fingerprint density at radius 2 is 0.892 bits per heavy atom. The number of ether oxygens (including phenoxy) is 4. The van der Waals surface area contributed by atoms with Gasteiger partial charge in [0.25, 0.3) is 0 Å². The molecule has 0 aromatic carbocycles. The van der Waals surface area contributed by atoms with E-state index in [-0.39, 0.29) is 18.9 Å². The average Bonchev–Trinajstić information content (AvgIpc) is 3.40. The van der Waals surface area contributed by atoms with Crippen LogP contribution >= 0.6 is 0 Å². The lowest BCUT2D eigenvalue weighted by molar-refractivity contribution is -0.359. The highest BCUT2D eigenvalue weighted by Gasteiger charge is 2.51. The molecule has 2 saturated heterocycles. The molecule has 0 radical (unpaired) electrons. The summed E-state index contributed by atoms with van der Waals surface area (Å²) in [5.74, 6) is -0.251. The summed E-state index contributed by atoms with van der Waals surface area (Å²) in [5, 5.41) is 86.5. The van der Waals surface area contributed by atoms with Crippen molar-refractivity contribution in [2.75, 3.05) is 19.8 Å². The Balaban J connectivity index is 1.56. The first-order chi connectivity index (χ1) is 36.1. The van der Waals surface area contributed by atoms with E-state index in [0.717, 1.165) is 38.5 Å². The number of amides is 1. The normalized spacial score (nSPS) is 25.4. The van der Waals surface area contributed by atoms with Gasteiger partial charge in [-0.1, -0.05) is 224 Å². The SMILES string of the molecule is CCC/C=C/CC/C=C/C(O)C(COC1OC(CO)C(OC2OC(CO)C(O)C(O)C2O)C(O)C1O)NC(=O)CCCCCCCCCCCCCCCCCCCCCCC/C=C\CCCCCCCCCC. The van der Waals surface area contributed by atoms with Gasteiger partial charge in [0.2, 0.25) is 5.91 Å². The average molecular weight is 1050 g/mol. The molecule has 0 bridgehead atoms. The molecule has 0 spiro atoms. The standard InChI is InChI=1S/C60H111NO13/c1-3-5-7-9-11-12-13-14-15-16-17-18-19-20-21-22-23-24-25-26-27-28-29-30-31-32-33-34-35-36-38-40-42-44-52(65)61-48(49(64)43-41-39-37-10-8-6-4-2)47-71-59-57(70)55(68)58(51(46-63)73-59)74-60-56(69)54(67)53(66)50(45-62)72-60/h8,10,16-17,41,43,48-51,53-60,62-64,66-70H,3-7,9,11-15,18-40,42,44-47H2,1-2H3,(H,61,65)/b10-8+,17-16-,43-41+. The van der Waals surface area contributed by atoms with Crippen molar-refractivity contribution in [2.45, 2.75) is 319 Å². The van der Waals surface area contributed by atoms with Gasteiger partial charge in [-0.25, -0.2) is 0 Å². The summed E-state index contributed by atoms with van der Waals surface area (Å²) in [5.41, 5.74) is 0. The fraction of sp³-hybridized carbons (Fsp3) is 0.883. The Morgan fingerprint density at radius 3 is 1.38 bits per heavy atom. The maximum atomic E-state index is 13.2. The lowest BCUT2D eigenvalue weighted by Crippen LogP contribution is -2.65. The van der Waals surface area contributed by atoms with Gasteiger partial charge in [-0.3, -0.25) is 4.79 Å². The van der Waals surface area contributed by atoms with Crippen LogP contribution in [0.5, 0.6) is 0 Å². The molecule has 9 N–H and O–H groups in total. The zero-order valence-corrected chi connectivity index (χ0v) is 46.6. The first-order valence-corrected chi connectivity index (χ1v) is 30.2. The second-order valence-electron chi connectivity index (χ2n) is 21.5. The van der Waals surface area contributed by atoms with E-state index in [9.17, 15) is 45.6 Å². The largest absolute Gasteiger partial charge is 0.394 e. The molecule has 14 heteroatoms. The Kier molecular flexibility index (Phi) is 42.6. The van der Waals surface area contributed by atoms with E-state index in [1.165, 1.54) is 173 Å². The van der Waals surface area contributed by atoms with Crippen LogP contribution in [-0.2, 0) is 23.7 Å². The van der Waals surface area contributed by atoms with Crippen LogP contribution in [-0.4, -0.2) is 140 Å². The molecule has 2 fully saturated rings. The van der Waals surface area contributed by atoms with Crippen LogP contribution in [0.1, 0.15) is 245 Å². The van der Waals surface area contributed by atoms with Crippen LogP contribution in [0.15, 0.2) is 36.5 Å². The molecular formula is C60H111NO13. The van der Waals surface area contributed by atoms with Gasteiger partial charge in [0.05, 0.1) is 32.0 Å². The molecule has 2 rings (SSSR count). The third-order valence-corrected chi connectivity index (χ3v) is 14.8. The highest BCUT2D eigenvalue weighted by atomic mass is 16.7. The molecule has 2 heterocycles. The Morgan fingerprint density at radius 1 is 0.473 bits per heavy atom. The van der Waals surface area contributed by atoms with Crippen LogP contribution < -0.4 is 5.32 Å². The van der Waals surface area contributed by atoms with Crippen LogP contribution in [0.4, 0.5) is 0 Å². The molecule has 14 nitrogen and oxygen atoms in total. The third-order valence-electron chi connectivity index (χ3n) is 14.8. The number of nitrogens with one attached hydrogen (secondary N) is 1. The number of hydrogen-bond acceptors (Lipinski definition) is 13. The molecule has 74 heavy (non-hydrogen) atoms. The van der Waals surface area contributed by atoms with Crippen LogP contribution in [0.25, 0.3) is 0 Å². The Hall–Kier alpha value is -1.79. The van der Waals surface area contributed by atoms with E-state index in [1.807, 2.05) is 6.08 Å². The minimum absolute atomic E-state index is 0.251. The number of unbranched alkanes of at least 4 members (excludes halogenated alkanes) is 31. The van der Waals surface area contributed by atoms with Crippen LogP contribution in [0, 0.1) is 0 Å². The van der Waals surface area contributed by atoms with Gasteiger partial charge in [-0.2, -0.15) is 0 Å². The molecule has 0 aromatic heterocycles. The van der Waals surface area contributed by atoms with Crippen LogP contribution in [0.2, 0.25) is 0 Å². The zero-order chi connectivity index (χ0) is 53.9. The molecule has 0 aromatic rings. The van der Waals surface area contributed by atoms with Crippen molar-refractivity contribution >= 4 is 5.91 Å². The third kappa shape index (κ3) is 31.6. The number of aliphatic hydroxyl groups excluding tert-OH is 8. The van der Waals surface area contributed by atoms with Gasteiger partial charge < -0.3 is 65.1 Å². The number of aliphatic hydroxyl groups is 8. The highest BCUT2D eigenvalue weighted by molar-refractivity contribution is 5.76. The second kappa shape index (κ2) is 46.2. The van der Waals surface area contributed by atoms with Crippen molar-refractivity contribution in [3.63, 3.8) is 0 Å². The first-order valence-electron chi connectivity index (χ1n) is 30.2. The Labute approximate surface area is 449 Å². The molecule has 0 saturated carbocycles. The van der Waals surface area contributed by atoms with E-state index in [4.69, 9.17) is 18.9 Å². The Bertz CT molecular complexity index is 1380. The van der Waals surface area contributed by atoms with E-state index >= 15 is 0 Å². The van der Waals surface area contributed by atoms with E-state index in [2.05, 4.69) is 43.5 Å². The van der Waals surface area contributed by atoms with Gasteiger partial charge >= 0.3 is 0 Å². The lowest BCUT2D eigenvalue weighted by atomic mass is 9.97. The summed E-state index contributed by atoms with van der Waals surface area (Å²) in [6.45, 7) is 2.66. The van der Waals surface area contributed by atoms with E-state index in [1.54, 1.807) is 6.08 Å². The molecule has 12 unspecified atom stereocenters. The highest BCUT2D eigenvalue weighted by Crippen LogP contribution is 2.30. The molecule has 2 aliphatic heterocycles.